The maximum Gasteiger partial charge on any atom is 0.276 e. The first kappa shape index (κ1) is 22.0. The quantitative estimate of drug-likeness (QED) is 0.290. The fraction of sp³-hybridized carbons (Fsp3) is 0.136. The molecule has 0 aliphatic heterocycles. The SMILES string of the molecule is COc1ccc(NC(=S)NNC(=O)COc2ncnc3onc(-c4ccc(C)cc4)c23)cc1. The highest BCUT2D eigenvalue weighted by molar-refractivity contribution is 7.80. The van der Waals surface area contributed by atoms with Crippen LogP contribution in [-0.2, 0) is 4.79 Å². The van der Waals surface area contributed by atoms with Gasteiger partial charge in [0.2, 0.25) is 5.88 Å². The maximum atomic E-state index is 12.2. The van der Waals surface area contributed by atoms with Gasteiger partial charge in [0.05, 0.1) is 7.11 Å². The molecule has 2 aromatic carbocycles. The molecule has 0 saturated heterocycles. The number of amides is 1. The average Bonchev–Trinajstić information content (AvgIpc) is 3.27. The zero-order valence-corrected chi connectivity index (χ0v) is 18.6. The molecule has 33 heavy (non-hydrogen) atoms. The summed E-state index contributed by atoms with van der Waals surface area (Å²) in [6.45, 7) is 1.68. The Morgan fingerprint density at radius 2 is 1.82 bits per heavy atom. The molecule has 1 amide bonds. The number of anilines is 1. The normalized spacial score (nSPS) is 10.5. The van der Waals surface area contributed by atoms with Crippen molar-refractivity contribution < 1.29 is 18.8 Å². The van der Waals surface area contributed by atoms with Crippen molar-refractivity contribution in [2.75, 3.05) is 19.0 Å². The Kier molecular flexibility index (Phi) is 6.60. The third kappa shape index (κ3) is 5.33. The summed E-state index contributed by atoms with van der Waals surface area (Å²) in [5, 5.41) is 7.72. The minimum absolute atomic E-state index is 0.186. The van der Waals surface area contributed by atoms with E-state index in [9.17, 15) is 4.79 Å². The second-order valence-electron chi connectivity index (χ2n) is 6.90. The Bertz CT molecular complexity index is 1270. The fourth-order valence-electron chi connectivity index (χ4n) is 2.91. The molecule has 10 nitrogen and oxygen atoms in total. The highest BCUT2D eigenvalue weighted by Crippen LogP contribution is 2.32. The molecule has 168 valence electrons. The molecule has 2 aromatic heterocycles. The van der Waals surface area contributed by atoms with Crippen LogP contribution in [0.4, 0.5) is 5.69 Å². The lowest BCUT2D eigenvalue weighted by molar-refractivity contribution is -0.123. The smallest absolute Gasteiger partial charge is 0.276 e. The third-order valence-corrected chi connectivity index (χ3v) is 4.77. The molecule has 3 N–H and O–H groups in total. The van der Waals surface area contributed by atoms with E-state index in [1.807, 2.05) is 31.2 Å². The van der Waals surface area contributed by atoms with Crippen LogP contribution in [0.3, 0.4) is 0 Å². The summed E-state index contributed by atoms with van der Waals surface area (Å²) in [6, 6.07) is 14.9. The van der Waals surface area contributed by atoms with Crippen molar-refractivity contribution in [1.82, 2.24) is 26.0 Å². The number of benzene rings is 2. The van der Waals surface area contributed by atoms with E-state index in [0.717, 1.165) is 22.6 Å². The van der Waals surface area contributed by atoms with Gasteiger partial charge in [-0.25, -0.2) is 4.98 Å². The summed E-state index contributed by atoms with van der Waals surface area (Å²) < 4.78 is 16.0. The molecule has 4 rings (SSSR count). The number of fused-ring (bicyclic) bond motifs is 1. The standard InChI is InChI=1S/C22H20N6O4S/c1-13-3-5-14(6-4-13)19-18-20(23-12-24-21(18)32-28-19)31-11-17(29)26-27-22(33)25-15-7-9-16(30-2)10-8-15/h3-10,12H,11H2,1-2H3,(H,26,29)(H2,25,27,33). The lowest BCUT2D eigenvalue weighted by Crippen LogP contribution is -2.45. The van der Waals surface area contributed by atoms with E-state index >= 15 is 0 Å². The number of hydrogen-bond donors (Lipinski definition) is 3. The van der Waals surface area contributed by atoms with Gasteiger partial charge in [-0.05, 0) is 43.4 Å². The molecule has 0 radical (unpaired) electrons. The van der Waals surface area contributed by atoms with E-state index < -0.39 is 5.91 Å². The Balaban J connectivity index is 1.36. The zero-order valence-electron chi connectivity index (χ0n) is 17.8. The van der Waals surface area contributed by atoms with Gasteiger partial charge in [0.1, 0.15) is 23.2 Å². The Morgan fingerprint density at radius 1 is 1.06 bits per heavy atom. The molecule has 0 fully saturated rings. The molecular weight excluding hydrogens is 444 g/mol. The number of ether oxygens (including phenoxy) is 2. The number of carbonyl (C=O) groups excluding carboxylic acids is 1. The van der Waals surface area contributed by atoms with E-state index in [1.54, 1.807) is 31.4 Å². The summed E-state index contributed by atoms with van der Waals surface area (Å²) in [6.07, 6.45) is 1.28. The van der Waals surface area contributed by atoms with Gasteiger partial charge in [0.25, 0.3) is 11.6 Å². The first-order chi connectivity index (χ1) is 16.0. The number of aromatic nitrogens is 3. The van der Waals surface area contributed by atoms with Gasteiger partial charge in [-0.2, -0.15) is 4.98 Å². The first-order valence-electron chi connectivity index (χ1n) is 9.83. The summed E-state index contributed by atoms with van der Waals surface area (Å²) in [5.74, 6) is 0.446. The van der Waals surface area contributed by atoms with E-state index in [1.165, 1.54) is 6.33 Å². The number of nitrogens with zero attached hydrogens (tertiary/aromatic N) is 3. The minimum Gasteiger partial charge on any atom is -0.497 e. The minimum atomic E-state index is -0.464. The van der Waals surface area contributed by atoms with Crippen LogP contribution in [0.2, 0.25) is 0 Å². The lowest BCUT2D eigenvalue weighted by Gasteiger charge is -2.12. The Labute approximate surface area is 194 Å². The van der Waals surface area contributed by atoms with Gasteiger partial charge >= 0.3 is 0 Å². The molecule has 0 aliphatic carbocycles. The van der Waals surface area contributed by atoms with E-state index in [0.29, 0.717) is 11.1 Å². The monoisotopic (exact) mass is 464 g/mol. The second-order valence-corrected chi connectivity index (χ2v) is 7.31. The van der Waals surface area contributed by atoms with Crippen LogP contribution in [0.25, 0.3) is 22.4 Å². The molecule has 2 heterocycles. The van der Waals surface area contributed by atoms with Crippen LogP contribution in [0.1, 0.15) is 5.56 Å². The summed E-state index contributed by atoms with van der Waals surface area (Å²) in [7, 11) is 1.59. The summed E-state index contributed by atoms with van der Waals surface area (Å²) in [5.41, 5.74) is 8.54. The first-order valence-corrected chi connectivity index (χ1v) is 10.2. The highest BCUT2D eigenvalue weighted by Gasteiger charge is 2.18. The number of hydrogen-bond acceptors (Lipinski definition) is 8. The molecule has 0 bridgehead atoms. The molecule has 0 atom stereocenters. The topological polar surface area (TPSA) is 123 Å². The fourth-order valence-corrected chi connectivity index (χ4v) is 3.08. The van der Waals surface area contributed by atoms with Crippen molar-refractivity contribution in [3.63, 3.8) is 0 Å². The summed E-state index contributed by atoms with van der Waals surface area (Å²) in [4.78, 5) is 20.5. The van der Waals surface area contributed by atoms with Gasteiger partial charge in [0.15, 0.2) is 11.7 Å². The van der Waals surface area contributed by atoms with Crippen molar-refractivity contribution >= 4 is 40.0 Å². The molecule has 0 saturated carbocycles. The Morgan fingerprint density at radius 3 is 2.55 bits per heavy atom. The van der Waals surface area contributed by atoms with Gasteiger partial charge in [0, 0.05) is 11.3 Å². The van der Waals surface area contributed by atoms with Crippen LogP contribution in [0.5, 0.6) is 11.6 Å². The van der Waals surface area contributed by atoms with Crippen LogP contribution < -0.4 is 25.6 Å². The molecule has 0 aliphatic rings. The Hall–Kier alpha value is -4.25. The van der Waals surface area contributed by atoms with Gasteiger partial charge in [-0.15, -0.1) is 0 Å². The van der Waals surface area contributed by atoms with Gasteiger partial charge in [-0.3, -0.25) is 15.6 Å². The molecule has 0 spiro atoms. The second kappa shape index (κ2) is 9.92. The number of aryl methyl sites for hydroxylation is 1. The van der Waals surface area contributed by atoms with E-state index in [4.69, 9.17) is 26.2 Å². The number of rotatable bonds is 6. The van der Waals surface area contributed by atoms with E-state index in [2.05, 4.69) is 31.3 Å². The largest absolute Gasteiger partial charge is 0.497 e. The number of thiocarbonyl (C=S) groups is 1. The zero-order chi connectivity index (χ0) is 23.2. The number of hydrazine groups is 1. The van der Waals surface area contributed by atoms with Crippen molar-refractivity contribution in [3.8, 4) is 22.9 Å². The predicted octanol–water partition coefficient (Wildman–Crippen LogP) is 3.00. The van der Waals surface area contributed by atoms with Crippen LogP contribution in [0.15, 0.2) is 59.4 Å². The predicted molar refractivity (Wildman–Crippen MR) is 126 cm³/mol. The molecule has 4 aromatic rings. The van der Waals surface area contributed by atoms with Crippen molar-refractivity contribution in [1.29, 1.82) is 0 Å². The van der Waals surface area contributed by atoms with Crippen LogP contribution >= 0.6 is 12.2 Å². The molecule has 0 unspecified atom stereocenters. The third-order valence-electron chi connectivity index (χ3n) is 4.57. The highest BCUT2D eigenvalue weighted by atomic mass is 32.1. The van der Waals surface area contributed by atoms with Crippen molar-refractivity contribution in [2.24, 2.45) is 0 Å². The molecular formula is C22H20N6O4S. The van der Waals surface area contributed by atoms with Crippen molar-refractivity contribution in [2.45, 2.75) is 6.92 Å². The number of nitrogens with one attached hydrogen (secondary N) is 3. The average molecular weight is 465 g/mol. The number of carbonyl (C=O) groups is 1. The van der Waals surface area contributed by atoms with Gasteiger partial charge in [-0.1, -0.05) is 35.0 Å². The van der Waals surface area contributed by atoms with E-state index in [-0.39, 0.29) is 23.3 Å². The van der Waals surface area contributed by atoms with Gasteiger partial charge < -0.3 is 19.3 Å². The van der Waals surface area contributed by atoms with Crippen molar-refractivity contribution in [3.05, 3.63) is 60.4 Å². The van der Waals surface area contributed by atoms with Crippen LogP contribution in [0, 0.1) is 6.92 Å². The lowest BCUT2D eigenvalue weighted by atomic mass is 10.1. The summed E-state index contributed by atoms with van der Waals surface area (Å²) >= 11 is 5.18. The van der Waals surface area contributed by atoms with Crippen LogP contribution in [-0.4, -0.2) is 39.9 Å². The molecule has 11 heteroatoms. The maximum absolute atomic E-state index is 12.2. The number of methoxy groups -OCH3 is 1.